The molecule has 1 saturated heterocycles. The molecule has 0 bridgehead atoms. The standard InChI is InChI=1S/C16H21N3O2/c1-13(11-15-3-2-8-21-15)18-14-4-5-16(17-12-14)19-6-9-20-10-7-19/h2-5,8,12-13,18H,6-7,9-11H2,1H3. The van der Waals surface area contributed by atoms with Crippen LogP contribution in [0.25, 0.3) is 0 Å². The SMILES string of the molecule is CC(Cc1ccco1)Nc1ccc(N2CCOCC2)nc1. The minimum Gasteiger partial charge on any atom is -0.469 e. The van der Waals surface area contributed by atoms with Crippen molar-refractivity contribution in [3.8, 4) is 0 Å². The van der Waals surface area contributed by atoms with E-state index in [0.717, 1.165) is 50.0 Å². The Morgan fingerprint density at radius 3 is 2.81 bits per heavy atom. The number of nitrogens with zero attached hydrogens (tertiary/aromatic N) is 2. The van der Waals surface area contributed by atoms with Gasteiger partial charge >= 0.3 is 0 Å². The van der Waals surface area contributed by atoms with Crippen LogP contribution in [0.5, 0.6) is 0 Å². The van der Waals surface area contributed by atoms with E-state index in [9.17, 15) is 0 Å². The number of ether oxygens (including phenoxy) is 1. The molecule has 1 atom stereocenters. The molecule has 0 spiro atoms. The number of anilines is 2. The second-order valence-corrected chi connectivity index (χ2v) is 5.33. The van der Waals surface area contributed by atoms with Crippen molar-refractivity contribution in [1.82, 2.24) is 4.98 Å². The van der Waals surface area contributed by atoms with Crippen LogP contribution >= 0.6 is 0 Å². The summed E-state index contributed by atoms with van der Waals surface area (Å²) in [6.07, 6.45) is 4.46. The van der Waals surface area contributed by atoms with Gasteiger partial charge in [0.25, 0.3) is 0 Å². The van der Waals surface area contributed by atoms with Gasteiger partial charge in [-0.05, 0) is 31.2 Å². The van der Waals surface area contributed by atoms with Crippen LogP contribution in [-0.4, -0.2) is 37.3 Å². The Labute approximate surface area is 124 Å². The van der Waals surface area contributed by atoms with E-state index in [2.05, 4.69) is 34.3 Å². The van der Waals surface area contributed by atoms with Gasteiger partial charge in [0.15, 0.2) is 0 Å². The Morgan fingerprint density at radius 2 is 2.14 bits per heavy atom. The summed E-state index contributed by atoms with van der Waals surface area (Å²) in [5, 5.41) is 3.44. The molecule has 5 nitrogen and oxygen atoms in total. The smallest absolute Gasteiger partial charge is 0.128 e. The van der Waals surface area contributed by atoms with Crippen LogP contribution in [0.2, 0.25) is 0 Å². The topological polar surface area (TPSA) is 50.5 Å². The molecule has 0 aromatic carbocycles. The number of nitrogens with one attached hydrogen (secondary N) is 1. The van der Waals surface area contributed by atoms with Crippen molar-refractivity contribution in [3.63, 3.8) is 0 Å². The van der Waals surface area contributed by atoms with Crippen molar-refractivity contribution >= 4 is 11.5 Å². The summed E-state index contributed by atoms with van der Waals surface area (Å²) in [5.41, 5.74) is 1.03. The molecule has 0 radical (unpaired) electrons. The fourth-order valence-electron chi connectivity index (χ4n) is 2.52. The molecule has 2 aromatic rings. The van der Waals surface area contributed by atoms with Crippen LogP contribution in [0, 0.1) is 0 Å². The zero-order valence-electron chi connectivity index (χ0n) is 12.3. The van der Waals surface area contributed by atoms with Crippen molar-refractivity contribution in [1.29, 1.82) is 0 Å². The number of rotatable bonds is 5. The first-order valence-electron chi connectivity index (χ1n) is 7.39. The number of pyridine rings is 1. The molecule has 2 aromatic heterocycles. The zero-order chi connectivity index (χ0) is 14.5. The highest BCUT2D eigenvalue weighted by Gasteiger charge is 2.12. The minimum absolute atomic E-state index is 0.298. The van der Waals surface area contributed by atoms with Crippen molar-refractivity contribution in [2.75, 3.05) is 36.5 Å². The van der Waals surface area contributed by atoms with Gasteiger partial charge in [0.2, 0.25) is 0 Å². The van der Waals surface area contributed by atoms with Gasteiger partial charge in [0, 0.05) is 25.6 Å². The summed E-state index contributed by atoms with van der Waals surface area (Å²) in [6, 6.07) is 8.36. The maximum absolute atomic E-state index is 5.37. The lowest BCUT2D eigenvalue weighted by Gasteiger charge is -2.27. The Morgan fingerprint density at radius 1 is 1.29 bits per heavy atom. The van der Waals surface area contributed by atoms with Gasteiger partial charge in [-0.1, -0.05) is 0 Å². The van der Waals surface area contributed by atoms with Crippen LogP contribution in [-0.2, 0) is 11.2 Å². The molecule has 0 aliphatic carbocycles. The van der Waals surface area contributed by atoms with E-state index in [-0.39, 0.29) is 0 Å². The van der Waals surface area contributed by atoms with Gasteiger partial charge in [-0.3, -0.25) is 0 Å². The minimum atomic E-state index is 0.298. The summed E-state index contributed by atoms with van der Waals surface area (Å²) < 4.78 is 10.7. The first-order valence-corrected chi connectivity index (χ1v) is 7.39. The lowest BCUT2D eigenvalue weighted by atomic mass is 10.2. The van der Waals surface area contributed by atoms with Crippen LogP contribution in [0.1, 0.15) is 12.7 Å². The van der Waals surface area contributed by atoms with Crippen molar-refractivity contribution < 1.29 is 9.15 Å². The van der Waals surface area contributed by atoms with E-state index >= 15 is 0 Å². The summed E-state index contributed by atoms with van der Waals surface area (Å²) in [4.78, 5) is 6.79. The number of aromatic nitrogens is 1. The van der Waals surface area contributed by atoms with Gasteiger partial charge in [0.1, 0.15) is 11.6 Å². The summed E-state index contributed by atoms with van der Waals surface area (Å²) in [7, 11) is 0. The fraction of sp³-hybridized carbons (Fsp3) is 0.438. The predicted octanol–water partition coefficient (Wildman–Crippen LogP) is 2.55. The Balaban J connectivity index is 1.56. The lowest BCUT2D eigenvalue weighted by molar-refractivity contribution is 0.122. The predicted molar refractivity (Wildman–Crippen MR) is 82.8 cm³/mol. The van der Waals surface area contributed by atoms with Gasteiger partial charge in [-0.25, -0.2) is 4.98 Å². The quantitative estimate of drug-likeness (QED) is 0.916. The fourth-order valence-corrected chi connectivity index (χ4v) is 2.52. The Hall–Kier alpha value is -2.01. The largest absolute Gasteiger partial charge is 0.469 e. The molecule has 3 rings (SSSR count). The lowest BCUT2D eigenvalue weighted by Crippen LogP contribution is -2.36. The van der Waals surface area contributed by atoms with E-state index in [1.165, 1.54) is 0 Å². The van der Waals surface area contributed by atoms with Crippen LogP contribution in [0.15, 0.2) is 41.1 Å². The maximum Gasteiger partial charge on any atom is 0.128 e. The molecule has 1 fully saturated rings. The molecule has 1 aliphatic heterocycles. The number of hydrogen-bond acceptors (Lipinski definition) is 5. The zero-order valence-corrected chi connectivity index (χ0v) is 12.3. The van der Waals surface area contributed by atoms with Crippen molar-refractivity contribution in [2.45, 2.75) is 19.4 Å². The van der Waals surface area contributed by atoms with E-state index < -0.39 is 0 Å². The third-order valence-electron chi connectivity index (χ3n) is 3.58. The molecule has 1 unspecified atom stereocenters. The van der Waals surface area contributed by atoms with Gasteiger partial charge in [-0.15, -0.1) is 0 Å². The third-order valence-corrected chi connectivity index (χ3v) is 3.58. The van der Waals surface area contributed by atoms with Gasteiger partial charge < -0.3 is 19.4 Å². The monoisotopic (exact) mass is 287 g/mol. The van der Waals surface area contributed by atoms with E-state index in [1.807, 2.05) is 18.3 Å². The number of hydrogen-bond donors (Lipinski definition) is 1. The Kier molecular flexibility index (Phi) is 4.40. The molecular weight excluding hydrogens is 266 g/mol. The first-order chi connectivity index (χ1) is 10.3. The Bertz CT molecular complexity index is 533. The number of furan rings is 1. The second kappa shape index (κ2) is 6.63. The number of morpholine rings is 1. The average molecular weight is 287 g/mol. The molecule has 1 N–H and O–H groups in total. The van der Waals surface area contributed by atoms with Crippen LogP contribution < -0.4 is 10.2 Å². The summed E-state index contributed by atoms with van der Waals surface area (Å²) in [6.45, 7) is 5.52. The molecule has 112 valence electrons. The summed E-state index contributed by atoms with van der Waals surface area (Å²) in [5.74, 6) is 2.01. The average Bonchev–Trinajstić information content (AvgIpc) is 3.02. The van der Waals surface area contributed by atoms with Crippen molar-refractivity contribution in [3.05, 3.63) is 42.5 Å². The molecular formula is C16H21N3O2. The highest BCUT2D eigenvalue weighted by molar-refractivity contribution is 5.49. The van der Waals surface area contributed by atoms with Crippen molar-refractivity contribution in [2.24, 2.45) is 0 Å². The highest BCUT2D eigenvalue weighted by Crippen LogP contribution is 2.16. The van der Waals surface area contributed by atoms with E-state index in [1.54, 1.807) is 6.26 Å². The molecule has 0 saturated carbocycles. The molecule has 3 heterocycles. The van der Waals surface area contributed by atoms with E-state index in [4.69, 9.17) is 9.15 Å². The summed E-state index contributed by atoms with van der Waals surface area (Å²) >= 11 is 0. The third kappa shape index (κ3) is 3.76. The molecule has 0 amide bonds. The molecule has 5 heteroatoms. The van der Waals surface area contributed by atoms with Gasteiger partial charge in [0.05, 0.1) is 31.4 Å². The van der Waals surface area contributed by atoms with Crippen LogP contribution in [0.4, 0.5) is 11.5 Å². The van der Waals surface area contributed by atoms with E-state index in [0.29, 0.717) is 6.04 Å². The second-order valence-electron chi connectivity index (χ2n) is 5.33. The molecule has 1 aliphatic rings. The maximum atomic E-state index is 5.37. The first kappa shape index (κ1) is 13.9. The van der Waals surface area contributed by atoms with Crippen LogP contribution in [0.3, 0.4) is 0 Å². The molecule has 21 heavy (non-hydrogen) atoms. The highest BCUT2D eigenvalue weighted by atomic mass is 16.5. The normalized spacial score (nSPS) is 16.7. The van der Waals surface area contributed by atoms with Gasteiger partial charge in [-0.2, -0.15) is 0 Å².